The van der Waals surface area contributed by atoms with E-state index < -0.39 is 0 Å². The Bertz CT molecular complexity index is 3840. The number of para-hydroxylation sites is 4. The van der Waals surface area contributed by atoms with E-state index in [0.29, 0.717) is 23.2 Å². The third-order valence-electron chi connectivity index (χ3n) is 12.2. The van der Waals surface area contributed by atoms with Gasteiger partial charge in [-0.2, -0.15) is 9.97 Å². The van der Waals surface area contributed by atoms with Crippen molar-refractivity contribution in [3.05, 3.63) is 200 Å². The number of aromatic nitrogens is 5. The first-order valence-corrected chi connectivity index (χ1v) is 20.5. The van der Waals surface area contributed by atoms with Gasteiger partial charge in [0.1, 0.15) is 11.2 Å². The first kappa shape index (κ1) is 33.6. The Morgan fingerprint density at radius 3 is 1.69 bits per heavy atom. The van der Waals surface area contributed by atoms with Crippen LogP contribution in [-0.4, -0.2) is 24.1 Å². The van der Waals surface area contributed by atoms with Crippen molar-refractivity contribution >= 4 is 76.3 Å². The monoisotopic (exact) mass is 779 g/mol. The molecule has 13 aromatic rings. The minimum atomic E-state index is 0.524. The van der Waals surface area contributed by atoms with Crippen molar-refractivity contribution in [3.63, 3.8) is 0 Å². The summed E-state index contributed by atoms with van der Waals surface area (Å²) >= 11 is 0. The molecule has 0 aliphatic carbocycles. The minimum absolute atomic E-state index is 0.524. The van der Waals surface area contributed by atoms with Gasteiger partial charge in [-0.3, -0.25) is 4.57 Å². The lowest BCUT2D eigenvalue weighted by molar-refractivity contribution is 0.669. The SMILES string of the molecule is c1ccc(-c2cccc(-c3nc(-c4ccc(-n5c6ccccc6c6cc7ccccc7cc65)c5c4oc4ccccc45)nc(-n4c5ccccc5c5ccccc54)n3)c2)cc1. The fraction of sp³-hybridized carbons (Fsp3) is 0. The maximum atomic E-state index is 6.94. The molecule has 0 aliphatic rings. The summed E-state index contributed by atoms with van der Waals surface area (Å²) in [7, 11) is 0. The van der Waals surface area contributed by atoms with Crippen molar-refractivity contribution in [2.75, 3.05) is 0 Å². The number of hydrogen-bond acceptors (Lipinski definition) is 4. The maximum Gasteiger partial charge on any atom is 0.238 e. The normalized spacial score (nSPS) is 11.9. The fourth-order valence-electron chi connectivity index (χ4n) is 9.41. The zero-order valence-electron chi connectivity index (χ0n) is 32.7. The number of fused-ring (bicyclic) bond motifs is 10. The lowest BCUT2D eigenvalue weighted by Crippen LogP contribution is -2.06. The van der Waals surface area contributed by atoms with Gasteiger partial charge in [-0.1, -0.05) is 146 Å². The average Bonchev–Trinajstić information content (AvgIpc) is 3.99. The molecule has 61 heavy (non-hydrogen) atoms. The third kappa shape index (κ3) is 5.12. The lowest BCUT2D eigenvalue weighted by Gasteiger charge is -2.14. The molecule has 4 heterocycles. The van der Waals surface area contributed by atoms with E-state index in [4.69, 9.17) is 19.4 Å². The van der Waals surface area contributed by atoms with Crippen molar-refractivity contribution in [2.24, 2.45) is 0 Å². The molecule has 0 radical (unpaired) electrons. The zero-order valence-corrected chi connectivity index (χ0v) is 32.7. The topological polar surface area (TPSA) is 61.7 Å². The van der Waals surface area contributed by atoms with Gasteiger partial charge < -0.3 is 8.98 Å². The second-order valence-corrected chi connectivity index (χ2v) is 15.6. The van der Waals surface area contributed by atoms with E-state index in [0.717, 1.165) is 77.1 Å². The molecule has 284 valence electrons. The third-order valence-corrected chi connectivity index (χ3v) is 12.2. The fourth-order valence-corrected chi connectivity index (χ4v) is 9.41. The Hall–Kier alpha value is -8.35. The number of nitrogens with zero attached hydrogens (tertiary/aromatic N) is 5. The highest BCUT2D eigenvalue weighted by molar-refractivity contribution is 6.18. The van der Waals surface area contributed by atoms with Crippen LogP contribution in [0.25, 0.3) is 122 Å². The van der Waals surface area contributed by atoms with Crippen molar-refractivity contribution in [1.29, 1.82) is 0 Å². The average molecular weight is 780 g/mol. The number of hydrogen-bond donors (Lipinski definition) is 0. The molecule has 13 rings (SSSR count). The molecule has 6 heteroatoms. The second-order valence-electron chi connectivity index (χ2n) is 15.6. The van der Waals surface area contributed by atoms with E-state index in [9.17, 15) is 0 Å². The minimum Gasteiger partial charge on any atom is -0.455 e. The van der Waals surface area contributed by atoms with Crippen molar-refractivity contribution in [3.8, 4) is 45.5 Å². The molecule has 0 saturated carbocycles. The largest absolute Gasteiger partial charge is 0.455 e. The van der Waals surface area contributed by atoms with Gasteiger partial charge in [0.2, 0.25) is 5.95 Å². The molecule has 0 aliphatic heterocycles. The molecule has 9 aromatic carbocycles. The number of furan rings is 1. The number of rotatable bonds is 5. The van der Waals surface area contributed by atoms with Crippen LogP contribution in [0.3, 0.4) is 0 Å². The van der Waals surface area contributed by atoms with Crippen LogP contribution in [0.2, 0.25) is 0 Å². The van der Waals surface area contributed by atoms with Crippen molar-refractivity contribution in [1.82, 2.24) is 24.1 Å². The Kier molecular flexibility index (Phi) is 7.21. The van der Waals surface area contributed by atoms with Crippen LogP contribution in [0.4, 0.5) is 0 Å². The van der Waals surface area contributed by atoms with E-state index in [1.807, 2.05) is 18.2 Å². The predicted octanol–water partition coefficient (Wildman–Crippen LogP) is 14.1. The number of benzene rings is 9. The van der Waals surface area contributed by atoms with Gasteiger partial charge >= 0.3 is 0 Å². The van der Waals surface area contributed by atoms with Gasteiger partial charge in [0, 0.05) is 32.5 Å². The molecule has 0 spiro atoms. The van der Waals surface area contributed by atoms with Crippen LogP contribution in [-0.2, 0) is 0 Å². The standard InChI is InChI=1S/C55H33N5O/c1-2-15-34(16-3-1)35-19-14-20-38(31-35)53-56-54(58-55(57-53)60-46-26-11-6-21-39(46)40-22-7-12-27-47(40)60)43-29-30-48(51-42-24-9-13-28-50(42)61-52(43)51)59-45-25-10-8-23-41(45)44-32-36-17-4-5-18-37(36)33-49(44)59/h1-33H. The summed E-state index contributed by atoms with van der Waals surface area (Å²) in [6.07, 6.45) is 0. The summed E-state index contributed by atoms with van der Waals surface area (Å²) in [5.41, 5.74) is 10.7. The van der Waals surface area contributed by atoms with Gasteiger partial charge in [0.05, 0.1) is 38.7 Å². The summed E-state index contributed by atoms with van der Waals surface area (Å²) in [5.74, 6) is 1.63. The van der Waals surface area contributed by atoms with Crippen LogP contribution in [0.5, 0.6) is 0 Å². The molecule has 0 unspecified atom stereocenters. The quantitative estimate of drug-likeness (QED) is 0.175. The molecule has 4 aromatic heterocycles. The van der Waals surface area contributed by atoms with Crippen LogP contribution < -0.4 is 0 Å². The first-order chi connectivity index (χ1) is 30.2. The summed E-state index contributed by atoms with van der Waals surface area (Å²) in [4.78, 5) is 16.0. The summed E-state index contributed by atoms with van der Waals surface area (Å²) in [6.45, 7) is 0. The Labute approximate surface area is 349 Å². The van der Waals surface area contributed by atoms with Crippen molar-refractivity contribution in [2.45, 2.75) is 0 Å². The van der Waals surface area contributed by atoms with E-state index in [2.05, 4.69) is 191 Å². The van der Waals surface area contributed by atoms with Crippen LogP contribution in [0.15, 0.2) is 205 Å². The van der Waals surface area contributed by atoms with Gasteiger partial charge in [0.15, 0.2) is 11.6 Å². The van der Waals surface area contributed by atoms with Crippen molar-refractivity contribution < 1.29 is 4.42 Å². The second kappa shape index (κ2) is 13.1. The highest BCUT2D eigenvalue weighted by Gasteiger charge is 2.24. The molecule has 0 amide bonds. The Morgan fingerprint density at radius 2 is 0.934 bits per heavy atom. The molecule has 0 N–H and O–H groups in total. The highest BCUT2D eigenvalue weighted by Crippen LogP contribution is 2.43. The van der Waals surface area contributed by atoms with Gasteiger partial charge in [-0.25, -0.2) is 4.98 Å². The van der Waals surface area contributed by atoms with Crippen LogP contribution >= 0.6 is 0 Å². The molecule has 6 nitrogen and oxygen atoms in total. The molecule has 0 saturated heterocycles. The van der Waals surface area contributed by atoms with Crippen LogP contribution in [0, 0.1) is 0 Å². The van der Waals surface area contributed by atoms with E-state index in [1.54, 1.807) is 0 Å². The summed E-state index contributed by atoms with van der Waals surface area (Å²) < 4.78 is 11.5. The van der Waals surface area contributed by atoms with E-state index >= 15 is 0 Å². The van der Waals surface area contributed by atoms with E-state index in [-0.39, 0.29) is 0 Å². The predicted molar refractivity (Wildman–Crippen MR) is 250 cm³/mol. The Balaban J connectivity index is 1.11. The highest BCUT2D eigenvalue weighted by atomic mass is 16.3. The van der Waals surface area contributed by atoms with Gasteiger partial charge in [-0.05, 0) is 76.5 Å². The summed E-state index contributed by atoms with van der Waals surface area (Å²) in [5, 5.41) is 9.09. The zero-order chi connectivity index (χ0) is 40.0. The van der Waals surface area contributed by atoms with E-state index in [1.165, 1.54) is 21.5 Å². The molecule has 0 bridgehead atoms. The molecule has 0 fully saturated rings. The smallest absolute Gasteiger partial charge is 0.238 e. The maximum absolute atomic E-state index is 6.94. The van der Waals surface area contributed by atoms with Crippen LogP contribution in [0.1, 0.15) is 0 Å². The first-order valence-electron chi connectivity index (χ1n) is 20.5. The van der Waals surface area contributed by atoms with Gasteiger partial charge in [0.25, 0.3) is 0 Å². The molecular formula is C55H33N5O. The molecule has 0 atom stereocenters. The van der Waals surface area contributed by atoms with Gasteiger partial charge in [-0.15, -0.1) is 0 Å². The molecular weight excluding hydrogens is 747 g/mol. The lowest BCUT2D eigenvalue weighted by atomic mass is 10.0. The summed E-state index contributed by atoms with van der Waals surface area (Å²) in [6, 6.07) is 70.2. The Morgan fingerprint density at radius 1 is 0.361 bits per heavy atom.